The topological polar surface area (TPSA) is 87.8 Å². The van der Waals surface area contributed by atoms with E-state index in [0.717, 1.165) is 24.8 Å². The molecular weight excluding hydrogens is 348 g/mol. The Morgan fingerprint density at radius 3 is 2.54 bits per heavy atom. The number of nitrogens with one attached hydrogen (secondary N) is 1. The number of unbranched alkanes of at least 4 members (excludes halogenated alkanes) is 2. The van der Waals surface area contributed by atoms with Crippen molar-refractivity contribution in [3.8, 4) is 6.07 Å². The van der Waals surface area contributed by atoms with Crippen LogP contribution in [-0.2, 0) is 22.0 Å². The molecule has 0 atom stereocenters. The minimum absolute atomic E-state index is 0.0163. The fourth-order valence-corrected chi connectivity index (χ4v) is 3.55. The SMILES string of the molecule is CCC(C)(C)c1ccc(S(=O)(=O)Nc2cnn(CCCCC#N)c2)cc1. The molecule has 0 unspecified atom stereocenters. The summed E-state index contributed by atoms with van der Waals surface area (Å²) in [5, 5.41) is 12.7. The molecule has 0 spiro atoms. The van der Waals surface area contributed by atoms with Gasteiger partial charge in [-0.15, -0.1) is 0 Å². The van der Waals surface area contributed by atoms with Gasteiger partial charge in [0.25, 0.3) is 10.0 Å². The third kappa shape index (κ3) is 5.09. The molecule has 0 saturated heterocycles. The van der Waals surface area contributed by atoms with E-state index in [1.165, 1.54) is 6.20 Å². The number of anilines is 1. The van der Waals surface area contributed by atoms with E-state index in [1.54, 1.807) is 23.0 Å². The highest BCUT2D eigenvalue weighted by molar-refractivity contribution is 7.92. The molecule has 0 aliphatic rings. The predicted molar refractivity (Wildman–Crippen MR) is 102 cm³/mol. The van der Waals surface area contributed by atoms with E-state index in [1.807, 2.05) is 12.1 Å². The van der Waals surface area contributed by atoms with E-state index in [4.69, 9.17) is 5.26 Å². The molecule has 2 aromatic rings. The van der Waals surface area contributed by atoms with Gasteiger partial charge in [-0.1, -0.05) is 32.9 Å². The van der Waals surface area contributed by atoms with Gasteiger partial charge in [0.2, 0.25) is 0 Å². The first-order chi connectivity index (χ1) is 12.3. The highest BCUT2D eigenvalue weighted by atomic mass is 32.2. The molecule has 0 aliphatic heterocycles. The third-order valence-electron chi connectivity index (χ3n) is 4.64. The molecular formula is C19H26N4O2S. The van der Waals surface area contributed by atoms with Crippen LogP contribution in [0.25, 0.3) is 0 Å². The van der Waals surface area contributed by atoms with E-state index < -0.39 is 10.0 Å². The first-order valence-corrected chi connectivity index (χ1v) is 10.3. The van der Waals surface area contributed by atoms with Gasteiger partial charge in [-0.05, 0) is 42.4 Å². The van der Waals surface area contributed by atoms with Crippen LogP contribution in [-0.4, -0.2) is 18.2 Å². The second kappa shape index (κ2) is 8.37. The summed E-state index contributed by atoms with van der Waals surface area (Å²) in [4.78, 5) is 0.231. The zero-order chi connectivity index (χ0) is 19.2. The molecule has 0 amide bonds. The minimum atomic E-state index is -3.64. The summed E-state index contributed by atoms with van der Waals surface area (Å²) >= 11 is 0. The summed E-state index contributed by atoms with van der Waals surface area (Å²) in [6, 6.07) is 9.13. The van der Waals surface area contributed by atoms with Crippen molar-refractivity contribution in [2.45, 2.75) is 63.3 Å². The Morgan fingerprint density at radius 1 is 1.23 bits per heavy atom. The van der Waals surface area contributed by atoms with E-state index in [-0.39, 0.29) is 10.3 Å². The number of aryl methyl sites for hydroxylation is 1. The lowest BCUT2D eigenvalue weighted by Crippen LogP contribution is -2.16. The Labute approximate surface area is 155 Å². The molecule has 1 aromatic heterocycles. The van der Waals surface area contributed by atoms with Gasteiger partial charge in [-0.2, -0.15) is 10.4 Å². The average Bonchev–Trinajstić information content (AvgIpc) is 3.05. The van der Waals surface area contributed by atoms with Crippen LogP contribution in [0.1, 0.15) is 52.0 Å². The smallest absolute Gasteiger partial charge is 0.261 e. The van der Waals surface area contributed by atoms with Crippen molar-refractivity contribution in [1.82, 2.24) is 9.78 Å². The van der Waals surface area contributed by atoms with Crippen LogP contribution in [0.2, 0.25) is 0 Å². The van der Waals surface area contributed by atoms with Crippen molar-refractivity contribution >= 4 is 15.7 Å². The summed E-state index contributed by atoms with van der Waals surface area (Å²) in [5.41, 5.74) is 1.56. The number of aromatic nitrogens is 2. The lowest BCUT2D eigenvalue weighted by atomic mass is 9.82. The molecule has 1 heterocycles. The average molecular weight is 375 g/mol. The van der Waals surface area contributed by atoms with Gasteiger partial charge >= 0.3 is 0 Å². The third-order valence-corrected chi connectivity index (χ3v) is 6.04. The molecule has 0 radical (unpaired) electrons. The number of nitriles is 1. The standard InChI is InChI=1S/C19H26N4O2S/c1-4-19(2,3)16-8-10-18(11-9-16)26(24,25)22-17-14-21-23(15-17)13-7-5-6-12-20/h8-11,14-15,22H,4-7,13H2,1-3H3. The molecule has 1 N–H and O–H groups in total. The molecule has 2 rings (SSSR count). The highest BCUT2D eigenvalue weighted by Gasteiger charge is 2.20. The van der Waals surface area contributed by atoms with Crippen molar-refractivity contribution in [2.75, 3.05) is 4.72 Å². The number of nitrogens with zero attached hydrogens (tertiary/aromatic N) is 3. The largest absolute Gasteiger partial charge is 0.276 e. The maximum absolute atomic E-state index is 12.6. The van der Waals surface area contributed by atoms with Gasteiger partial charge in [0.05, 0.1) is 22.8 Å². The van der Waals surface area contributed by atoms with E-state index in [2.05, 4.69) is 36.7 Å². The Balaban J connectivity index is 2.05. The van der Waals surface area contributed by atoms with Gasteiger partial charge in [0.15, 0.2) is 0 Å². The van der Waals surface area contributed by atoms with Gasteiger partial charge in [-0.3, -0.25) is 9.40 Å². The van der Waals surface area contributed by atoms with Crippen molar-refractivity contribution in [1.29, 1.82) is 5.26 Å². The van der Waals surface area contributed by atoms with E-state index >= 15 is 0 Å². The molecule has 26 heavy (non-hydrogen) atoms. The Bertz CT molecular complexity index is 862. The summed E-state index contributed by atoms with van der Waals surface area (Å²) < 4.78 is 29.4. The van der Waals surface area contributed by atoms with Gasteiger partial charge in [0, 0.05) is 19.2 Å². The summed E-state index contributed by atoms with van der Waals surface area (Å²) in [6.07, 6.45) is 6.29. The molecule has 6 nitrogen and oxygen atoms in total. The maximum Gasteiger partial charge on any atom is 0.261 e. The van der Waals surface area contributed by atoms with Crippen molar-refractivity contribution in [3.05, 3.63) is 42.2 Å². The van der Waals surface area contributed by atoms with Gasteiger partial charge in [0.1, 0.15) is 0 Å². The molecule has 0 bridgehead atoms. The van der Waals surface area contributed by atoms with Crippen LogP contribution in [0.4, 0.5) is 5.69 Å². The minimum Gasteiger partial charge on any atom is -0.276 e. The lowest BCUT2D eigenvalue weighted by molar-refractivity contribution is 0.506. The van der Waals surface area contributed by atoms with Crippen molar-refractivity contribution in [2.24, 2.45) is 0 Å². The quantitative estimate of drug-likeness (QED) is 0.670. The normalized spacial score (nSPS) is 11.9. The molecule has 0 aliphatic carbocycles. The van der Waals surface area contributed by atoms with Crippen LogP contribution in [0.3, 0.4) is 0 Å². The Hall–Kier alpha value is -2.33. The first-order valence-electron chi connectivity index (χ1n) is 8.81. The van der Waals surface area contributed by atoms with E-state index in [9.17, 15) is 8.42 Å². The maximum atomic E-state index is 12.6. The second-order valence-corrected chi connectivity index (χ2v) is 8.66. The first kappa shape index (κ1) is 20.0. The molecule has 7 heteroatoms. The van der Waals surface area contributed by atoms with E-state index in [0.29, 0.717) is 18.7 Å². The second-order valence-electron chi connectivity index (χ2n) is 6.97. The van der Waals surface area contributed by atoms with Crippen LogP contribution in [0.5, 0.6) is 0 Å². The lowest BCUT2D eigenvalue weighted by Gasteiger charge is -2.23. The number of sulfonamides is 1. The zero-order valence-electron chi connectivity index (χ0n) is 15.6. The van der Waals surface area contributed by atoms with Crippen LogP contribution < -0.4 is 4.72 Å². The van der Waals surface area contributed by atoms with Crippen LogP contribution in [0.15, 0.2) is 41.6 Å². The number of hydrogen-bond donors (Lipinski definition) is 1. The monoisotopic (exact) mass is 374 g/mol. The summed E-state index contributed by atoms with van der Waals surface area (Å²) in [5.74, 6) is 0. The highest BCUT2D eigenvalue weighted by Crippen LogP contribution is 2.27. The van der Waals surface area contributed by atoms with Crippen molar-refractivity contribution in [3.63, 3.8) is 0 Å². The molecule has 1 aromatic carbocycles. The van der Waals surface area contributed by atoms with Crippen LogP contribution in [0, 0.1) is 11.3 Å². The summed E-state index contributed by atoms with van der Waals surface area (Å²) in [7, 11) is -3.64. The fraction of sp³-hybridized carbons (Fsp3) is 0.474. The Kier molecular flexibility index (Phi) is 6.43. The Morgan fingerprint density at radius 2 is 1.92 bits per heavy atom. The predicted octanol–water partition coefficient (Wildman–Crippen LogP) is 4.07. The van der Waals surface area contributed by atoms with Gasteiger partial charge < -0.3 is 0 Å². The number of benzene rings is 1. The summed E-state index contributed by atoms with van der Waals surface area (Å²) in [6.45, 7) is 7.05. The molecule has 0 fully saturated rings. The fourth-order valence-electron chi connectivity index (χ4n) is 2.52. The van der Waals surface area contributed by atoms with Crippen molar-refractivity contribution < 1.29 is 8.42 Å². The zero-order valence-corrected chi connectivity index (χ0v) is 16.4. The molecule has 140 valence electrons. The van der Waals surface area contributed by atoms with Gasteiger partial charge in [-0.25, -0.2) is 8.42 Å². The van der Waals surface area contributed by atoms with Crippen LogP contribution >= 0.6 is 0 Å². The number of hydrogen-bond acceptors (Lipinski definition) is 4. The number of rotatable bonds is 9. The molecule has 0 saturated carbocycles.